The number of para-hydroxylation sites is 2. The van der Waals surface area contributed by atoms with Crippen LogP contribution in [-0.2, 0) is 14.4 Å². The Labute approximate surface area is 161 Å². The number of anilines is 2. The minimum Gasteiger partial charge on any atom is -0.467 e. The third kappa shape index (κ3) is 2.38. The number of imide groups is 1. The van der Waals surface area contributed by atoms with Crippen LogP contribution in [0, 0.1) is 12.8 Å². The van der Waals surface area contributed by atoms with E-state index < -0.39 is 18.1 Å². The zero-order chi connectivity index (χ0) is 19.3. The quantitative estimate of drug-likeness (QED) is 0.655. The molecule has 0 unspecified atom stereocenters. The Balaban J connectivity index is 1.59. The number of aryl methyl sites for hydroxylation is 1. The largest absolute Gasteiger partial charge is 0.467 e. The van der Waals surface area contributed by atoms with E-state index in [0.717, 1.165) is 11.3 Å². The fourth-order valence-corrected chi connectivity index (χ4v) is 4.01. The molecule has 0 spiro atoms. The van der Waals surface area contributed by atoms with Crippen LogP contribution in [0.25, 0.3) is 0 Å². The van der Waals surface area contributed by atoms with Crippen LogP contribution in [0.1, 0.15) is 17.4 Å². The van der Waals surface area contributed by atoms with E-state index in [1.54, 1.807) is 29.5 Å². The average Bonchev–Trinajstić information content (AvgIpc) is 3.41. The lowest BCUT2D eigenvalue weighted by Crippen LogP contribution is -2.37. The summed E-state index contributed by atoms with van der Waals surface area (Å²) in [6.45, 7) is 1.88. The molecule has 2 aliphatic heterocycles. The van der Waals surface area contributed by atoms with Crippen molar-refractivity contribution in [3.8, 4) is 0 Å². The van der Waals surface area contributed by atoms with Gasteiger partial charge in [0.15, 0.2) is 6.10 Å². The van der Waals surface area contributed by atoms with Gasteiger partial charge >= 0.3 is 0 Å². The Kier molecular flexibility index (Phi) is 3.80. The maximum atomic E-state index is 13.4. The lowest BCUT2D eigenvalue weighted by atomic mass is 9.94. The van der Waals surface area contributed by atoms with Crippen LogP contribution in [0.4, 0.5) is 11.4 Å². The molecule has 2 saturated heterocycles. The number of furan rings is 1. The Morgan fingerprint density at radius 2 is 1.61 bits per heavy atom. The van der Waals surface area contributed by atoms with E-state index in [1.165, 1.54) is 4.90 Å². The molecule has 2 fully saturated rings. The van der Waals surface area contributed by atoms with Crippen molar-refractivity contribution in [2.24, 2.45) is 5.92 Å². The highest BCUT2D eigenvalue weighted by atomic mass is 16.7. The topological polar surface area (TPSA) is 63.0 Å². The molecule has 5 rings (SSSR count). The van der Waals surface area contributed by atoms with Gasteiger partial charge in [-0.3, -0.25) is 14.4 Å². The summed E-state index contributed by atoms with van der Waals surface area (Å²) in [6, 6.07) is 19.8. The van der Waals surface area contributed by atoms with Crippen molar-refractivity contribution in [3.05, 3.63) is 84.3 Å². The van der Waals surface area contributed by atoms with Crippen molar-refractivity contribution in [2.75, 3.05) is 9.96 Å². The third-order valence-electron chi connectivity index (χ3n) is 5.32. The van der Waals surface area contributed by atoms with E-state index in [0.29, 0.717) is 11.4 Å². The van der Waals surface area contributed by atoms with E-state index in [1.807, 2.05) is 55.5 Å². The van der Waals surface area contributed by atoms with E-state index in [4.69, 9.17) is 9.25 Å². The zero-order valence-corrected chi connectivity index (χ0v) is 15.2. The summed E-state index contributed by atoms with van der Waals surface area (Å²) < 4.78 is 5.62. The average molecular weight is 374 g/mol. The molecule has 0 radical (unpaired) electrons. The van der Waals surface area contributed by atoms with Gasteiger partial charge in [-0.1, -0.05) is 36.4 Å². The molecule has 28 heavy (non-hydrogen) atoms. The van der Waals surface area contributed by atoms with Crippen LogP contribution in [0.15, 0.2) is 77.4 Å². The normalized spacial score (nSPS) is 24.1. The van der Waals surface area contributed by atoms with Gasteiger partial charge in [-0.25, -0.2) is 9.96 Å². The second kappa shape index (κ2) is 6.35. The Bertz CT molecular complexity index is 1030. The summed E-state index contributed by atoms with van der Waals surface area (Å²) in [5, 5.41) is 1.62. The van der Waals surface area contributed by atoms with Crippen LogP contribution in [-0.4, -0.2) is 17.9 Å². The molecule has 3 atom stereocenters. The molecule has 3 heterocycles. The van der Waals surface area contributed by atoms with Crippen molar-refractivity contribution >= 4 is 23.2 Å². The first-order valence-electron chi connectivity index (χ1n) is 9.15. The molecule has 0 saturated carbocycles. The molecular weight excluding hydrogens is 356 g/mol. The Hall–Kier alpha value is -3.38. The van der Waals surface area contributed by atoms with Gasteiger partial charge in [0.2, 0.25) is 5.91 Å². The molecule has 2 aliphatic rings. The molecule has 3 aromatic rings. The van der Waals surface area contributed by atoms with Crippen LogP contribution in [0.5, 0.6) is 0 Å². The fraction of sp³-hybridized carbons (Fsp3) is 0.182. The third-order valence-corrected chi connectivity index (χ3v) is 5.32. The van der Waals surface area contributed by atoms with Crippen LogP contribution < -0.4 is 9.96 Å². The predicted octanol–water partition coefficient (Wildman–Crippen LogP) is 3.64. The predicted molar refractivity (Wildman–Crippen MR) is 102 cm³/mol. The van der Waals surface area contributed by atoms with Crippen LogP contribution >= 0.6 is 0 Å². The number of hydrogen-bond donors (Lipinski definition) is 0. The fourth-order valence-electron chi connectivity index (χ4n) is 4.01. The number of carbonyl (C=O) groups is 2. The smallest absolute Gasteiger partial charge is 0.266 e. The van der Waals surface area contributed by atoms with Crippen molar-refractivity contribution in [2.45, 2.75) is 19.1 Å². The first-order valence-corrected chi connectivity index (χ1v) is 9.15. The summed E-state index contributed by atoms with van der Waals surface area (Å²) in [7, 11) is 0. The highest BCUT2D eigenvalue weighted by molar-refractivity contribution is 6.24. The van der Waals surface area contributed by atoms with Crippen molar-refractivity contribution in [1.82, 2.24) is 0 Å². The molecule has 6 nitrogen and oxygen atoms in total. The minimum atomic E-state index is -0.887. The number of amides is 2. The van der Waals surface area contributed by atoms with E-state index in [9.17, 15) is 9.59 Å². The van der Waals surface area contributed by atoms with Crippen LogP contribution in [0.3, 0.4) is 0 Å². The van der Waals surface area contributed by atoms with Gasteiger partial charge in [0.1, 0.15) is 17.7 Å². The summed E-state index contributed by atoms with van der Waals surface area (Å²) >= 11 is 0. The molecule has 1 aromatic heterocycles. The monoisotopic (exact) mass is 374 g/mol. The number of rotatable bonds is 3. The molecule has 0 aliphatic carbocycles. The van der Waals surface area contributed by atoms with E-state index in [2.05, 4.69) is 0 Å². The molecule has 140 valence electrons. The zero-order valence-electron chi connectivity index (χ0n) is 15.2. The van der Waals surface area contributed by atoms with Crippen molar-refractivity contribution in [1.29, 1.82) is 0 Å². The second-order valence-electron chi connectivity index (χ2n) is 6.97. The first kappa shape index (κ1) is 16.8. The van der Waals surface area contributed by atoms with Gasteiger partial charge < -0.3 is 4.42 Å². The second-order valence-corrected chi connectivity index (χ2v) is 6.97. The van der Waals surface area contributed by atoms with E-state index >= 15 is 0 Å². The summed E-state index contributed by atoms with van der Waals surface area (Å²) in [5.41, 5.74) is 2.22. The lowest BCUT2D eigenvalue weighted by Gasteiger charge is -2.27. The Morgan fingerprint density at radius 3 is 2.32 bits per heavy atom. The maximum absolute atomic E-state index is 13.4. The highest BCUT2D eigenvalue weighted by Gasteiger charge is 2.61. The molecule has 0 bridgehead atoms. The summed E-state index contributed by atoms with van der Waals surface area (Å²) in [4.78, 5) is 33.9. The van der Waals surface area contributed by atoms with Gasteiger partial charge in [-0.05, 0) is 42.8 Å². The minimum absolute atomic E-state index is 0.274. The van der Waals surface area contributed by atoms with Gasteiger partial charge in [0.05, 0.1) is 17.6 Å². The van der Waals surface area contributed by atoms with Gasteiger partial charge in [-0.15, -0.1) is 0 Å². The maximum Gasteiger partial charge on any atom is 0.266 e. The number of hydrogen-bond acceptors (Lipinski definition) is 5. The first-order chi connectivity index (χ1) is 13.7. The molecule has 2 amide bonds. The SMILES string of the molecule is Cc1ccccc1N1C(=O)[C@H]2[C@H](ON(c3ccccc3)[C@H]2c2ccco2)C1=O. The molecule has 6 heteroatoms. The molecule has 0 N–H and O–H groups in total. The van der Waals surface area contributed by atoms with Crippen molar-refractivity contribution < 1.29 is 18.8 Å². The van der Waals surface area contributed by atoms with Crippen molar-refractivity contribution in [3.63, 3.8) is 0 Å². The van der Waals surface area contributed by atoms with Gasteiger partial charge in [0.25, 0.3) is 5.91 Å². The standard InChI is InChI=1S/C22H18N2O4/c1-14-8-5-6-11-16(14)23-21(25)18-19(17-12-7-13-27-17)24(28-20(18)22(23)26)15-9-3-2-4-10-15/h2-13,18-20H,1H3/t18-,19+,20+/m1/s1. The Morgan fingerprint density at radius 1 is 0.857 bits per heavy atom. The highest BCUT2D eigenvalue weighted by Crippen LogP contribution is 2.47. The summed E-state index contributed by atoms with van der Waals surface area (Å²) in [6.07, 6.45) is 0.675. The van der Waals surface area contributed by atoms with Gasteiger partial charge in [0, 0.05) is 0 Å². The number of benzene rings is 2. The van der Waals surface area contributed by atoms with Gasteiger partial charge in [-0.2, -0.15) is 0 Å². The lowest BCUT2D eigenvalue weighted by molar-refractivity contribution is -0.126. The molecule has 2 aromatic carbocycles. The molecular formula is C22H18N2O4. The number of hydroxylamine groups is 1. The number of fused-ring (bicyclic) bond motifs is 1. The number of nitrogens with zero attached hydrogens (tertiary/aromatic N) is 2. The summed E-state index contributed by atoms with van der Waals surface area (Å²) in [5.74, 6) is -0.717. The van der Waals surface area contributed by atoms with E-state index in [-0.39, 0.29) is 11.8 Å². The number of carbonyl (C=O) groups excluding carboxylic acids is 2. The van der Waals surface area contributed by atoms with Crippen LogP contribution in [0.2, 0.25) is 0 Å².